The molecule has 0 aromatic heterocycles. The third kappa shape index (κ3) is 4.45. The molecule has 0 spiro atoms. The second kappa shape index (κ2) is 7.28. The summed E-state index contributed by atoms with van der Waals surface area (Å²) in [6.07, 6.45) is 0. The summed E-state index contributed by atoms with van der Waals surface area (Å²) in [5.41, 5.74) is 0.977. The second-order valence-corrected chi connectivity index (χ2v) is 6.63. The Labute approximate surface area is 149 Å². The molecule has 2 rings (SSSR count). The van der Waals surface area contributed by atoms with Crippen molar-refractivity contribution in [2.45, 2.75) is 0 Å². The summed E-state index contributed by atoms with van der Waals surface area (Å²) >= 11 is 9.46. The van der Waals surface area contributed by atoms with Crippen molar-refractivity contribution in [2.75, 3.05) is 5.32 Å². The molecule has 0 atom stereocenters. The predicted molar refractivity (Wildman–Crippen MR) is 97.5 cm³/mol. The van der Waals surface area contributed by atoms with Gasteiger partial charge in [-0.25, -0.2) is 9.10 Å². The fourth-order valence-electron chi connectivity index (χ4n) is 1.60. The SMILES string of the molecule is O=C(Nc1cc(Br)cc(I)c1)N(S)C(=O)c1ccccc1. The van der Waals surface area contributed by atoms with Crippen LogP contribution in [0.1, 0.15) is 10.4 Å². The number of hydrogen-bond donors (Lipinski definition) is 2. The number of urea groups is 1. The highest BCUT2D eigenvalue weighted by Gasteiger charge is 2.19. The Morgan fingerprint density at radius 3 is 2.43 bits per heavy atom. The molecule has 0 saturated carbocycles. The molecule has 0 radical (unpaired) electrons. The van der Waals surface area contributed by atoms with Gasteiger partial charge in [-0.3, -0.25) is 4.79 Å². The topological polar surface area (TPSA) is 49.4 Å². The maximum absolute atomic E-state index is 12.1. The van der Waals surface area contributed by atoms with Gasteiger partial charge in [-0.05, 0) is 52.9 Å². The number of nitrogens with zero attached hydrogens (tertiary/aromatic N) is 1. The summed E-state index contributed by atoms with van der Waals surface area (Å²) in [6, 6.07) is 13.3. The van der Waals surface area contributed by atoms with Gasteiger partial charge in [0.05, 0.1) is 0 Å². The molecule has 7 heteroatoms. The molecule has 4 nitrogen and oxygen atoms in total. The van der Waals surface area contributed by atoms with E-state index in [4.69, 9.17) is 0 Å². The fourth-order valence-corrected chi connectivity index (χ4v) is 3.36. The van der Waals surface area contributed by atoms with Crippen LogP contribution in [-0.4, -0.2) is 16.2 Å². The summed E-state index contributed by atoms with van der Waals surface area (Å²) in [5, 5.41) is 2.63. The number of hydrogen-bond acceptors (Lipinski definition) is 3. The van der Waals surface area contributed by atoms with Crippen molar-refractivity contribution in [3.8, 4) is 0 Å². The van der Waals surface area contributed by atoms with Crippen LogP contribution in [0.4, 0.5) is 10.5 Å². The molecule has 0 saturated heterocycles. The lowest BCUT2D eigenvalue weighted by molar-refractivity contribution is 0.0902. The number of imide groups is 1. The Morgan fingerprint density at radius 2 is 1.81 bits per heavy atom. The summed E-state index contributed by atoms with van der Waals surface area (Å²) in [6.45, 7) is 0. The molecule has 0 aliphatic rings. The standard InChI is InChI=1S/C14H10BrIN2O2S/c15-10-6-11(16)8-12(7-10)17-14(20)18(21)13(19)9-4-2-1-3-5-9/h1-8,21H,(H,17,20). The highest BCUT2D eigenvalue weighted by atomic mass is 127. The van der Waals surface area contributed by atoms with E-state index in [2.05, 4.69) is 56.7 Å². The van der Waals surface area contributed by atoms with E-state index in [0.717, 1.165) is 12.3 Å². The highest BCUT2D eigenvalue weighted by Crippen LogP contribution is 2.21. The molecule has 0 aliphatic heterocycles. The van der Waals surface area contributed by atoms with Gasteiger partial charge < -0.3 is 5.32 Å². The van der Waals surface area contributed by atoms with Crippen LogP contribution in [-0.2, 0) is 0 Å². The smallest absolute Gasteiger partial charge is 0.307 e. The monoisotopic (exact) mass is 476 g/mol. The molecule has 0 heterocycles. The number of rotatable bonds is 2. The first-order valence-electron chi connectivity index (χ1n) is 5.83. The van der Waals surface area contributed by atoms with Gasteiger partial charge in [0.2, 0.25) is 0 Å². The summed E-state index contributed by atoms with van der Waals surface area (Å²) in [5.74, 6) is -0.485. The van der Waals surface area contributed by atoms with Gasteiger partial charge in [0.1, 0.15) is 0 Å². The number of thiol groups is 1. The van der Waals surface area contributed by atoms with E-state index in [1.54, 1.807) is 42.5 Å². The van der Waals surface area contributed by atoms with Crippen molar-refractivity contribution < 1.29 is 9.59 Å². The first-order valence-corrected chi connectivity index (χ1v) is 8.10. The predicted octanol–water partition coefficient (Wildman–Crippen LogP) is 4.57. The summed E-state index contributed by atoms with van der Waals surface area (Å²) in [7, 11) is 0. The number of anilines is 1. The minimum Gasteiger partial charge on any atom is -0.307 e. The van der Waals surface area contributed by atoms with E-state index in [0.29, 0.717) is 11.3 Å². The first-order chi connectivity index (χ1) is 9.97. The van der Waals surface area contributed by atoms with Gasteiger partial charge in [0.15, 0.2) is 0 Å². The largest absolute Gasteiger partial charge is 0.338 e. The molecule has 0 unspecified atom stereocenters. The molecule has 21 heavy (non-hydrogen) atoms. The van der Waals surface area contributed by atoms with Crippen molar-refractivity contribution in [1.29, 1.82) is 0 Å². The Hall–Kier alpha value is -1.06. The number of amides is 3. The van der Waals surface area contributed by atoms with Crippen molar-refractivity contribution in [1.82, 2.24) is 4.31 Å². The molecule has 0 fully saturated rings. The van der Waals surface area contributed by atoms with Crippen LogP contribution in [0.2, 0.25) is 0 Å². The van der Waals surface area contributed by atoms with E-state index < -0.39 is 11.9 Å². The van der Waals surface area contributed by atoms with Crippen LogP contribution in [0.3, 0.4) is 0 Å². The molecule has 2 aromatic carbocycles. The first kappa shape index (κ1) is 16.3. The lowest BCUT2D eigenvalue weighted by Gasteiger charge is -2.15. The number of carbonyl (C=O) groups excluding carboxylic acids is 2. The Morgan fingerprint density at radius 1 is 1.14 bits per heavy atom. The maximum Gasteiger partial charge on any atom is 0.338 e. The Bertz CT molecular complexity index is 662. The van der Waals surface area contributed by atoms with Crippen molar-refractivity contribution in [3.63, 3.8) is 0 Å². The third-order valence-electron chi connectivity index (χ3n) is 2.52. The molecule has 108 valence electrons. The number of benzene rings is 2. The van der Waals surface area contributed by atoms with E-state index in [1.807, 2.05) is 6.07 Å². The summed E-state index contributed by atoms with van der Waals surface area (Å²) in [4.78, 5) is 24.1. The van der Waals surface area contributed by atoms with Crippen molar-refractivity contribution in [2.24, 2.45) is 0 Å². The van der Waals surface area contributed by atoms with Crippen LogP contribution in [0.25, 0.3) is 0 Å². The lowest BCUT2D eigenvalue weighted by Crippen LogP contribution is -2.32. The van der Waals surface area contributed by atoms with Crippen LogP contribution in [0.15, 0.2) is 53.0 Å². The minimum absolute atomic E-state index is 0.395. The second-order valence-electron chi connectivity index (χ2n) is 4.07. The van der Waals surface area contributed by atoms with Gasteiger partial charge in [0.25, 0.3) is 5.91 Å². The van der Waals surface area contributed by atoms with Gasteiger partial charge >= 0.3 is 6.03 Å². The average Bonchev–Trinajstić information content (AvgIpc) is 2.45. The summed E-state index contributed by atoms with van der Waals surface area (Å²) < 4.78 is 2.55. The molecule has 3 amide bonds. The number of carbonyl (C=O) groups is 2. The van der Waals surface area contributed by atoms with Crippen molar-refractivity contribution in [3.05, 3.63) is 62.1 Å². The molecule has 2 aromatic rings. The van der Waals surface area contributed by atoms with Gasteiger partial charge in [-0.1, -0.05) is 46.9 Å². The quantitative estimate of drug-likeness (QED) is 0.492. The Kier molecular flexibility index (Phi) is 5.65. The van der Waals surface area contributed by atoms with E-state index >= 15 is 0 Å². The molecule has 1 N–H and O–H groups in total. The van der Waals surface area contributed by atoms with Gasteiger partial charge in [-0.15, -0.1) is 0 Å². The normalized spacial score (nSPS) is 10.0. The van der Waals surface area contributed by atoms with Crippen LogP contribution in [0.5, 0.6) is 0 Å². The van der Waals surface area contributed by atoms with E-state index in [-0.39, 0.29) is 0 Å². The molecule has 0 aliphatic carbocycles. The van der Waals surface area contributed by atoms with E-state index in [1.165, 1.54) is 0 Å². The molecule has 0 bridgehead atoms. The van der Waals surface area contributed by atoms with Crippen LogP contribution in [0, 0.1) is 3.57 Å². The molecular weight excluding hydrogens is 467 g/mol. The van der Waals surface area contributed by atoms with Gasteiger partial charge in [-0.2, -0.15) is 0 Å². The third-order valence-corrected chi connectivity index (χ3v) is 3.96. The molecular formula is C14H10BrIN2O2S. The lowest BCUT2D eigenvalue weighted by atomic mass is 10.2. The van der Waals surface area contributed by atoms with Gasteiger partial charge in [0, 0.05) is 19.3 Å². The number of nitrogens with one attached hydrogen (secondary N) is 1. The fraction of sp³-hybridized carbons (Fsp3) is 0. The zero-order chi connectivity index (χ0) is 15.4. The van der Waals surface area contributed by atoms with E-state index in [9.17, 15) is 9.59 Å². The highest BCUT2D eigenvalue weighted by molar-refractivity contribution is 14.1. The van der Waals surface area contributed by atoms with Crippen LogP contribution >= 0.6 is 51.3 Å². The van der Waals surface area contributed by atoms with Crippen molar-refractivity contribution >= 4 is 69.0 Å². The zero-order valence-electron chi connectivity index (χ0n) is 10.6. The minimum atomic E-state index is -0.610. The Balaban J connectivity index is 2.11. The average molecular weight is 477 g/mol. The van der Waals surface area contributed by atoms with Crippen LogP contribution < -0.4 is 5.32 Å². The zero-order valence-corrected chi connectivity index (χ0v) is 15.2. The number of halogens is 2. The maximum atomic E-state index is 12.1.